The number of ether oxygens (including phenoxy) is 1. The lowest BCUT2D eigenvalue weighted by Crippen LogP contribution is -2.31. The van der Waals surface area contributed by atoms with E-state index in [0.717, 1.165) is 22.0 Å². The fourth-order valence-corrected chi connectivity index (χ4v) is 3.02. The Morgan fingerprint density at radius 3 is 2.58 bits per heavy atom. The van der Waals surface area contributed by atoms with Crippen LogP contribution in [0, 0.1) is 0 Å². The molecule has 1 atom stereocenters. The molecule has 1 amide bonds. The predicted octanol–water partition coefficient (Wildman–Crippen LogP) is 3.52. The normalized spacial score (nSPS) is 11.9. The van der Waals surface area contributed by atoms with Gasteiger partial charge in [0.05, 0.1) is 25.5 Å². The van der Waals surface area contributed by atoms with Crippen LogP contribution in [-0.2, 0) is 20.7 Å². The van der Waals surface area contributed by atoms with Gasteiger partial charge in [-0.1, -0.05) is 48.5 Å². The summed E-state index contributed by atoms with van der Waals surface area (Å²) in [5.41, 5.74) is 2.82. The third kappa shape index (κ3) is 4.30. The van der Waals surface area contributed by atoms with Gasteiger partial charge in [-0.15, -0.1) is 0 Å². The summed E-state index contributed by atoms with van der Waals surface area (Å²) in [7, 11) is 0. The average molecular weight is 350 g/mol. The minimum atomic E-state index is -0.409. The minimum absolute atomic E-state index is 0.109. The van der Waals surface area contributed by atoms with Crippen LogP contribution in [0.2, 0.25) is 0 Å². The van der Waals surface area contributed by atoms with Crippen LogP contribution < -0.4 is 5.32 Å². The molecule has 26 heavy (non-hydrogen) atoms. The molecule has 0 saturated heterocycles. The molecule has 1 unspecified atom stereocenters. The number of H-pyrrole nitrogens is 1. The summed E-state index contributed by atoms with van der Waals surface area (Å²) in [6.07, 6.45) is 2.21. The van der Waals surface area contributed by atoms with E-state index in [1.807, 2.05) is 60.8 Å². The van der Waals surface area contributed by atoms with Crippen molar-refractivity contribution in [1.29, 1.82) is 0 Å². The smallest absolute Gasteiger partial charge is 0.308 e. The first-order chi connectivity index (χ1) is 12.7. The van der Waals surface area contributed by atoms with E-state index < -0.39 is 6.04 Å². The summed E-state index contributed by atoms with van der Waals surface area (Å²) in [5, 5.41) is 4.00. The van der Waals surface area contributed by atoms with Gasteiger partial charge in [0.1, 0.15) is 0 Å². The maximum Gasteiger partial charge on any atom is 0.308 e. The molecule has 0 bridgehead atoms. The van der Waals surface area contributed by atoms with Crippen LogP contribution in [0.5, 0.6) is 0 Å². The van der Waals surface area contributed by atoms with Crippen LogP contribution in [0.25, 0.3) is 10.9 Å². The van der Waals surface area contributed by atoms with Gasteiger partial charge in [-0.3, -0.25) is 9.59 Å². The third-order valence-electron chi connectivity index (χ3n) is 4.24. The number of aromatic nitrogens is 1. The van der Waals surface area contributed by atoms with Crippen LogP contribution in [0.3, 0.4) is 0 Å². The predicted molar refractivity (Wildman–Crippen MR) is 101 cm³/mol. The van der Waals surface area contributed by atoms with Crippen molar-refractivity contribution in [2.45, 2.75) is 25.8 Å². The molecule has 0 aliphatic rings. The molecular weight excluding hydrogens is 328 g/mol. The molecule has 0 radical (unpaired) electrons. The van der Waals surface area contributed by atoms with Crippen molar-refractivity contribution in [3.63, 3.8) is 0 Å². The van der Waals surface area contributed by atoms with E-state index in [4.69, 9.17) is 4.74 Å². The Labute approximate surface area is 152 Å². The monoisotopic (exact) mass is 350 g/mol. The van der Waals surface area contributed by atoms with Gasteiger partial charge in [0, 0.05) is 17.1 Å². The van der Waals surface area contributed by atoms with Crippen molar-refractivity contribution < 1.29 is 14.3 Å². The summed E-state index contributed by atoms with van der Waals surface area (Å²) >= 11 is 0. The van der Waals surface area contributed by atoms with Gasteiger partial charge in [0.2, 0.25) is 5.91 Å². The molecule has 1 heterocycles. The minimum Gasteiger partial charge on any atom is -0.466 e. The van der Waals surface area contributed by atoms with Crippen LogP contribution in [0.15, 0.2) is 60.8 Å². The van der Waals surface area contributed by atoms with E-state index in [0.29, 0.717) is 6.61 Å². The Morgan fingerprint density at radius 2 is 1.81 bits per heavy atom. The Bertz CT molecular complexity index is 886. The molecule has 0 fully saturated rings. The molecule has 134 valence electrons. The zero-order chi connectivity index (χ0) is 18.4. The number of hydrogen-bond acceptors (Lipinski definition) is 3. The van der Waals surface area contributed by atoms with Gasteiger partial charge in [0.25, 0.3) is 0 Å². The second-order valence-corrected chi connectivity index (χ2v) is 6.08. The third-order valence-corrected chi connectivity index (χ3v) is 4.24. The maximum atomic E-state index is 12.6. The van der Waals surface area contributed by atoms with E-state index in [2.05, 4.69) is 10.3 Å². The quantitative estimate of drug-likeness (QED) is 0.641. The fraction of sp³-hybridized carbons (Fsp3) is 0.238. The summed E-state index contributed by atoms with van der Waals surface area (Å²) in [5.74, 6) is -0.457. The molecule has 5 heteroatoms. The van der Waals surface area contributed by atoms with Crippen molar-refractivity contribution >= 4 is 22.8 Å². The first kappa shape index (κ1) is 17.7. The lowest BCUT2D eigenvalue weighted by Gasteiger charge is -2.18. The molecule has 2 N–H and O–H groups in total. The maximum absolute atomic E-state index is 12.6. The number of aromatic amines is 1. The molecular formula is C21H22N2O3. The lowest BCUT2D eigenvalue weighted by atomic mass is 10.0. The number of benzene rings is 2. The average Bonchev–Trinajstić information content (AvgIpc) is 3.05. The number of amides is 1. The topological polar surface area (TPSA) is 71.2 Å². The highest BCUT2D eigenvalue weighted by atomic mass is 16.5. The van der Waals surface area contributed by atoms with Crippen molar-refractivity contribution in [2.24, 2.45) is 0 Å². The molecule has 1 aromatic heterocycles. The molecule has 5 nitrogen and oxygen atoms in total. The highest BCUT2D eigenvalue weighted by Crippen LogP contribution is 2.20. The van der Waals surface area contributed by atoms with Crippen molar-refractivity contribution in [2.75, 3.05) is 6.61 Å². The van der Waals surface area contributed by atoms with Gasteiger partial charge in [-0.25, -0.2) is 0 Å². The summed E-state index contributed by atoms with van der Waals surface area (Å²) < 4.78 is 5.04. The number of para-hydroxylation sites is 1. The Hall–Kier alpha value is -3.08. The summed E-state index contributed by atoms with van der Waals surface area (Å²) in [6, 6.07) is 16.9. The Balaban J connectivity index is 1.73. The van der Waals surface area contributed by atoms with Gasteiger partial charge in [-0.2, -0.15) is 0 Å². The van der Waals surface area contributed by atoms with Gasteiger partial charge < -0.3 is 15.0 Å². The first-order valence-corrected chi connectivity index (χ1v) is 8.72. The Morgan fingerprint density at radius 1 is 1.08 bits per heavy atom. The molecule has 0 saturated carbocycles. The number of carbonyl (C=O) groups is 2. The van der Waals surface area contributed by atoms with E-state index in [9.17, 15) is 9.59 Å². The number of carbonyl (C=O) groups excluding carboxylic acids is 2. The van der Waals surface area contributed by atoms with Crippen LogP contribution in [-0.4, -0.2) is 23.5 Å². The highest BCUT2D eigenvalue weighted by molar-refractivity contribution is 5.89. The summed E-state index contributed by atoms with van der Waals surface area (Å²) in [6.45, 7) is 2.09. The number of rotatable bonds is 7. The van der Waals surface area contributed by atoms with E-state index in [1.165, 1.54) is 0 Å². The Kier molecular flexibility index (Phi) is 5.69. The van der Waals surface area contributed by atoms with Gasteiger partial charge >= 0.3 is 5.97 Å². The number of fused-ring (bicyclic) bond motifs is 1. The first-order valence-electron chi connectivity index (χ1n) is 8.72. The van der Waals surface area contributed by atoms with E-state index >= 15 is 0 Å². The van der Waals surface area contributed by atoms with Crippen molar-refractivity contribution in [1.82, 2.24) is 10.3 Å². The second-order valence-electron chi connectivity index (χ2n) is 6.08. The van der Waals surface area contributed by atoms with Crippen LogP contribution in [0.1, 0.15) is 30.5 Å². The zero-order valence-corrected chi connectivity index (χ0v) is 14.7. The number of hydrogen-bond donors (Lipinski definition) is 2. The van der Waals surface area contributed by atoms with E-state index in [1.54, 1.807) is 6.92 Å². The molecule has 3 rings (SSSR count). The lowest BCUT2D eigenvalue weighted by molar-refractivity contribution is -0.143. The molecule has 0 aliphatic carbocycles. The van der Waals surface area contributed by atoms with E-state index in [-0.39, 0.29) is 24.7 Å². The second kappa shape index (κ2) is 8.34. The summed E-state index contributed by atoms with van der Waals surface area (Å²) in [4.78, 5) is 27.7. The van der Waals surface area contributed by atoms with Crippen LogP contribution in [0.4, 0.5) is 0 Å². The number of nitrogens with one attached hydrogen (secondary N) is 2. The largest absolute Gasteiger partial charge is 0.466 e. The number of esters is 1. The standard InChI is InChI=1S/C21H22N2O3/c1-2-26-21(25)13-19(15-8-4-3-5-9-15)23-20(24)12-16-14-22-18-11-7-6-10-17(16)18/h3-11,14,19,22H,2,12-13H2,1H3,(H,23,24). The molecule has 0 spiro atoms. The zero-order valence-electron chi connectivity index (χ0n) is 14.7. The highest BCUT2D eigenvalue weighted by Gasteiger charge is 2.19. The van der Waals surface area contributed by atoms with Crippen molar-refractivity contribution in [3.05, 3.63) is 71.9 Å². The van der Waals surface area contributed by atoms with Crippen molar-refractivity contribution in [3.8, 4) is 0 Å². The fourth-order valence-electron chi connectivity index (χ4n) is 3.02. The molecule has 3 aromatic rings. The van der Waals surface area contributed by atoms with Crippen LogP contribution >= 0.6 is 0 Å². The molecule has 0 aliphatic heterocycles. The SMILES string of the molecule is CCOC(=O)CC(NC(=O)Cc1c[nH]c2ccccc12)c1ccccc1. The molecule has 2 aromatic carbocycles. The van der Waals surface area contributed by atoms with Gasteiger partial charge in [0.15, 0.2) is 0 Å². The van der Waals surface area contributed by atoms with Gasteiger partial charge in [-0.05, 0) is 24.1 Å².